The monoisotopic (exact) mass is 360 g/mol. The molecule has 1 aromatic carbocycles. The fourth-order valence-electron chi connectivity index (χ4n) is 3.62. The van der Waals surface area contributed by atoms with Crippen molar-refractivity contribution in [1.29, 1.82) is 0 Å². The van der Waals surface area contributed by atoms with Gasteiger partial charge in [0, 0.05) is 32.6 Å². The van der Waals surface area contributed by atoms with Gasteiger partial charge in [-0.1, -0.05) is 31.7 Å². The lowest BCUT2D eigenvalue weighted by atomic mass is 10.0. The van der Waals surface area contributed by atoms with E-state index in [2.05, 4.69) is 24.1 Å². The predicted octanol–water partition coefficient (Wildman–Crippen LogP) is 3.46. The van der Waals surface area contributed by atoms with Gasteiger partial charge < -0.3 is 19.3 Å². The summed E-state index contributed by atoms with van der Waals surface area (Å²) in [5.41, 5.74) is 1.33. The van der Waals surface area contributed by atoms with Crippen LogP contribution in [0.2, 0.25) is 0 Å². The molecule has 0 unspecified atom stereocenters. The number of nitrogens with zero attached hydrogens (tertiary/aromatic N) is 2. The van der Waals surface area contributed by atoms with E-state index < -0.39 is 0 Å². The number of carbonyl (C=O) groups is 1. The van der Waals surface area contributed by atoms with Gasteiger partial charge >= 0.3 is 0 Å². The first-order chi connectivity index (χ1) is 12.7. The second-order valence-corrected chi connectivity index (χ2v) is 7.49. The van der Waals surface area contributed by atoms with E-state index in [9.17, 15) is 4.79 Å². The van der Waals surface area contributed by atoms with Crippen molar-refractivity contribution in [2.24, 2.45) is 0 Å². The quantitative estimate of drug-likeness (QED) is 0.633. The molecule has 1 aromatic rings. The molecule has 26 heavy (non-hydrogen) atoms. The molecular formula is C21H32N2O3. The van der Waals surface area contributed by atoms with Crippen LogP contribution in [-0.4, -0.2) is 55.7 Å². The molecule has 2 aliphatic heterocycles. The standard InChI is InChI=1S/C21H32N2O3/c1-22-12-14-23(15-13-22)21(24)9-7-5-3-2-4-6-8-18-10-11-19-20(16-18)26-17-25-19/h10-11,16H,2-9,12-15,17H2,1H3. The van der Waals surface area contributed by atoms with Gasteiger partial charge in [-0.05, 0) is 44.0 Å². The minimum absolute atomic E-state index is 0.343. The zero-order chi connectivity index (χ0) is 18.2. The summed E-state index contributed by atoms with van der Waals surface area (Å²) in [6.07, 6.45) is 8.97. The third-order valence-corrected chi connectivity index (χ3v) is 5.40. The Balaban J connectivity index is 1.19. The van der Waals surface area contributed by atoms with Crippen molar-refractivity contribution >= 4 is 5.91 Å². The topological polar surface area (TPSA) is 42.0 Å². The second kappa shape index (κ2) is 9.81. The van der Waals surface area contributed by atoms with Crippen LogP contribution in [0.3, 0.4) is 0 Å². The van der Waals surface area contributed by atoms with Gasteiger partial charge in [0.05, 0.1) is 0 Å². The molecule has 0 N–H and O–H groups in total. The number of carbonyl (C=O) groups excluding carboxylic acids is 1. The summed E-state index contributed by atoms with van der Waals surface area (Å²) >= 11 is 0. The fraction of sp³-hybridized carbons (Fsp3) is 0.667. The van der Waals surface area contributed by atoms with Crippen LogP contribution >= 0.6 is 0 Å². The molecule has 0 aliphatic carbocycles. The van der Waals surface area contributed by atoms with Gasteiger partial charge in [0.25, 0.3) is 0 Å². The molecule has 5 nitrogen and oxygen atoms in total. The SMILES string of the molecule is CN1CCN(C(=O)CCCCCCCCc2ccc3c(c2)OCO3)CC1. The average Bonchev–Trinajstić information content (AvgIpc) is 3.12. The smallest absolute Gasteiger partial charge is 0.231 e. The number of amides is 1. The van der Waals surface area contributed by atoms with Gasteiger partial charge in [0.2, 0.25) is 12.7 Å². The van der Waals surface area contributed by atoms with Crippen LogP contribution in [0, 0.1) is 0 Å². The summed E-state index contributed by atoms with van der Waals surface area (Å²) in [6.45, 7) is 4.16. The van der Waals surface area contributed by atoms with Crippen molar-refractivity contribution in [3.63, 3.8) is 0 Å². The molecule has 144 valence electrons. The Kier molecular flexibility index (Phi) is 7.18. The van der Waals surface area contributed by atoms with E-state index in [0.29, 0.717) is 12.7 Å². The van der Waals surface area contributed by atoms with Crippen LogP contribution in [0.25, 0.3) is 0 Å². The number of aryl methyl sites for hydroxylation is 1. The molecule has 1 amide bonds. The van der Waals surface area contributed by atoms with E-state index >= 15 is 0 Å². The highest BCUT2D eigenvalue weighted by Crippen LogP contribution is 2.32. The number of ether oxygens (including phenoxy) is 2. The second-order valence-electron chi connectivity index (χ2n) is 7.49. The molecule has 3 rings (SSSR count). The molecule has 5 heteroatoms. The minimum atomic E-state index is 0.343. The van der Waals surface area contributed by atoms with Crippen molar-refractivity contribution in [3.05, 3.63) is 23.8 Å². The van der Waals surface area contributed by atoms with E-state index in [4.69, 9.17) is 9.47 Å². The number of piperazine rings is 1. The third-order valence-electron chi connectivity index (χ3n) is 5.40. The van der Waals surface area contributed by atoms with Crippen LogP contribution in [0.1, 0.15) is 50.5 Å². The van der Waals surface area contributed by atoms with Crippen LogP contribution in [0.5, 0.6) is 11.5 Å². The lowest BCUT2D eigenvalue weighted by molar-refractivity contribution is -0.132. The fourth-order valence-corrected chi connectivity index (χ4v) is 3.62. The summed E-state index contributed by atoms with van der Waals surface area (Å²) in [7, 11) is 2.12. The van der Waals surface area contributed by atoms with Gasteiger partial charge in [-0.2, -0.15) is 0 Å². The molecule has 1 saturated heterocycles. The number of benzene rings is 1. The van der Waals surface area contributed by atoms with E-state index in [1.54, 1.807) is 0 Å². The Hall–Kier alpha value is -1.75. The van der Waals surface area contributed by atoms with Crippen molar-refractivity contribution in [1.82, 2.24) is 9.80 Å². The molecule has 0 aromatic heterocycles. The molecule has 0 saturated carbocycles. The largest absolute Gasteiger partial charge is 0.454 e. The van der Waals surface area contributed by atoms with E-state index in [1.807, 2.05) is 11.0 Å². The van der Waals surface area contributed by atoms with Crippen molar-refractivity contribution in [2.45, 2.75) is 51.4 Å². The zero-order valence-electron chi connectivity index (χ0n) is 16.0. The number of hydrogen-bond donors (Lipinski definition) is 0. The van der Waals surface area contributed by atoms with Gasteiger partial charge in [-0.3, -0.25) is 4.79 Å². The minimum Gasteiger partial charge on any atom is -0.454 e. The maximum atomic E-state index is 12.2. The molecule has 0 radical (unpaired) electrons. The lowest BCUT2D eigenvalue weighted by Gasteiger charge is -2.32. The van der Waals surface area contributed by atoms with Crippen LogP contribution < -0.4 is 9.47 Å². The number of hydrogen-bond acceptors (Lipinski definition) is 4. The van der Waals surface area contributed by atoms with Crippen LogP contribution in [0.15, 0.2) is 18.2 Å². The first kappa shape index (κ1) is 19.0. The average molecular weight is 360 g/mol. The van der Waals surface area contributed by atoms with Crippen molar-refractivity contribution < 1.29 is 14.3 Å². The number of rotatable bonds is 9. The highest BCUT2D eigenvalue weighted by Gasteiger charge is 2.18. The Morgan fingerprint density at radius 2 is 1.62 bits per heavy atom. The Morgan fingerprint density at radius 3 is 2.42 bits per heavy atom. The van der Waals surface area contributed by atoms with Gasteiger partial charge in [-0.15, -0.1) is 0 Å². The van der Waals surface area contributed by atoms with Crippen molar-refractivity contribution in [2.75, 3.05) is 40.0 Å². The van der Waals surface area contributed by atoms with Crippen molar-refractivity contribution in [3.8, 4) is 11.5 Å². The Labute approximate surface area is 157 Å². The highest BCUT2D eigenvalue weighted by molar-refractivity contribution is 5.76. The zero-order valence-corrected chi connectivity index (χ0v) is 16.0. The summed E-state index contributed by atoms with van der Waals surface area (Å²) in [4.78, 5) is 16.5. The van der Waals surface area contributed by atoms with Gasteiger partial charge in [0.1, 0.15) is 0 Å². The Bertz CT molecular complexity index is 583. The molecular weight excluding hydrogens is 328 g/mol. The predicted molar refractivity (Wildman–Crippen MR) is 103 cm³/mol. The van der Waals surface area contributed by atoms with Crippen LogP contribution in [0.4, 0.5) is 0 Å². The third kappa shape index (κ3) is 5.63. The number of likely N-dealkylation sites (N-methyl/N-ethyl adjacent to an activating group) is 1. The molecule has 0 bridgehead atoms. The summed E-state index contributed by atoms with van der Waals surface area (Å²) < 4.78 is 10.8. The normalized spacial score (nSPS) is 16.9. The first-order valence-corrected chi connectivity index (χ1v) is 10.1. The summed E-state index contributed by atoms with van der Waals surface area (Å²) in [5.74, 6) is 2.09. The van der Waals surface area contributed by atoms with Gasteiger partial charge in [0.15, 0.2) is 11.5 Å². The first-order valence-electron chi connectivity index (χ1n) is 10.1. The van der Waals surface area contributed by atoms with Crippen LogP contribution in [-0.2, 0) is 11.2 Å². The molecule has 0 spiro atoms. The van der Waals surface area contributed by atoms with E-state index in [1.165, 1.54) is 37.7 Å². The van der Waals surface area contributed by atoms with Gasteiger partial charge in [-0.25, -0.2) is 0 Å². The number of unbranched alkanes of at least 4 members (excludes halogenated alkanes) is 5. The maximum Gasteiger partial charge on any atom is 0.231 e. The summed E-state index contributed by atoms with van der Waals surface area (Å²) in [5, 5.41) is 0. The molecule has 2 aliphatic rings. The lowest BCUT2D eigenvalue weighted by Crippen LogP contribution is -2.47. The molecule has 0 atom stereocenters. The van der Waals surface area contributed by atoms with E-state index in [0.717, 1.165) is 56.9 Å². The summed E-state index contributed by atoms with van der Waals surface area (Å²) in [6, 6.07) is 6.25. The molecule has 1 fully saturated rings. The highest BCUT2D eigenvalue weighted by atomic mass is 16.7. The maximum absolute atomic E-state index is 12.2. The van der Waals surface area contributed by atoms with E-state index in [-0.39, 0.29) is 0 Å². The molecule has 2 heterocycles. The number of fused-ring (bicyclic) bond motifs is 1. The Morgan fingerprint density at radius 1 is 0.923 bits per heavy atom.